The van der Waals surface area contributed by atoms with Gasteiger partial charge in [-0.05, 0) is 29.9 Å². The summed E-state index contributed by atoms with van der Waals surface area (Å²) in [5, 5.41) is 2.01. The summed E-state index contributed by atoms with van der Waals surface area (Å²) in [5.41, 5.74) is 0. The highest BCUT2D eigenvalue weighted by Gasteiger charge is 1.96. The highest BCUT2D eigenvalue weighted by atomic mass is 32.1. The molecule has 0 saturated carbocycles. The molecular weight excluding hydrogens is 128 g/mol. The largest absolute Gasteiger partial charge is 0.148 e. The molecule has 0 bridgehead atoms. The summed E-state index contributed by atoms with van der Waals surface area (Å²) in [6.07, 6.45) is 1.20. The van der Waals surface area contributed by atoms with Gasteiger partial charge in [0.05, 0.1) is 0 Å². The molecular formula is C8H11S. The van der Waals surface area contributed by atoms with Crippen LogP contribution in [0.4, 0.5) is 0 Å². The van der Waals surface area contributed by atoms with Gasteiger partial charge < -0.3 is 0 Å². The van der Waals surface area contributed by atoms with Gasteiger partial charge in [-0.2, -0.15) is 0 Å². The van der Waals surface area contributed by atoms with Gasteiger partial charge in [0, 0.05) is 4.88 Å². The highest BCUT2D eigenvalue weighted by molar-refractivity contribution is 7.09. The van der Waals surface area contributed by atoms with Crippen molar-refractivity contribution in [1.29, 1.82) is 0 Å². The van der Waals surface area contributed by atoms with Crippen LogP contribution in [0.1, 0.15) is 18.7 Å². The molecule has 49 valence electrons. The maximum atomic E-state index is 3.05. The maximum Gasteiger partial charge on any atom is 0.00541 e. The first-order chi connectivity index (χ1) is 4.29. The van der Waals surface area contributed by atoms with Crippen LogP contribution in [0.2, 0.25) is 0 Å². The van der Waals surface area contributed by atoms with E-state index < -0.39 is 0 Å². The average molecular weight is 139 g/mol. The predicted octanol–water partition coefficient (Wildman–Crippen LogP) is 2.75. The fourth-order valence-electron chi connectivity index (χ4n) is 0.780. The molecule has 9 heavy (non-hydrogen) atoms. The second-order valence-corrected chi connectivity index (χ2v) is 3.61. The van der Waals surface area contributed by atoms with E-state index in [4.69, 9.17) is 0 Å². The molecule has 1 radical (unpaired) electrons. The Balaban J connectivity index is 2.48. The summed E-state index contributed by atoms with van der Waals surface area (Å²) >= 11 is 1.80. The van der Waals surface area contributed by atoms with E-state index in [1.165, 1.54) is 11.3 Å². The van der Waals surface area contributed by atoms with Gasteiger partial charge in [0.2, 0.25) is 0 Å². The zero-order chi connectivity index (χ0) is 6.69. The van der Waals surface area contributed by atoms with Crippen molar-refractivity contribution in [2.24, 2.45) is 5.92 Å². The van der Waals surface area contributed by atoms with Gasteiger partial charge in [0.25, 0.3) is 0 Å². The molecule has 0 amide bonds. The van der Waals surface area contributed by atoms with Crippen molar-refractivity contribution in [2.45, 2.75) is 20.3 Å². The van der Waals surface area contributed by atoms with E-state index in [1.54, 1.807) is 11.3 Å². The molecule has 1 aromatic heterocycles. The molecule has 0 N–H and O–H groups in total. The zero-order valence-electron chi connectivity index (χ0n) is 5.85. The number of rotatable bonds is 2. The van der Waals surface area contributed by atoms with Crippen LogP contribution in [0, 0.1) is 12.0 Å². The summed E-state index contributed by atoms with van der Waals surface area (Å²) in [7, 11) is 0. The summed E-state index contributed by atoms with van der Waals surface area (Å²) in [6.45, 7) is 4.47. The third kappa shape index (κ3) is 2.19. The minimum Gasteiger partial charge on any atom is -0.148 e. The van der Waals surface area contributed by atoms with Crippen molar-refractivity contribution in [3.8, 4) is 0 Å². The molecule has 0 atom stereocenters. The molecule has 0 aliphatic rings. The predicted molar refractivity (Wildman–Crippen MR) is 41.7 cm³/mol. The molecule has 0 aliphatic carbocycles. The lowest BCUT2D eigenvalue weighted by atomic mass is 10.1. The van der Waals surface area contributed by atoms with E-state index in [0.29, 0.717) is 0 Å². The van der Waals surface area contributed by atoms with Gasteiger partial charge in [-0.1, -0.05) is 13.8 Å². The fraction of sp³-hybridized carbons (Fsp3) is 0.500. The second kappa shape index (κ2) is 3.02. The lowest BCUT2D eigenvalue weighted by molar-refractivity contribution is 0.654. The van der Waals surface area contributed by atoms with Crippen LogP contribution in [-0.4, -0.2) is 0 Å². The Hall–Kier alpha value is -0.300. The first kappa shape index (κ1) is 6.81. The molecule has 1 aromatic rings. The third-order valence-electron chi connectivity index (χ3n) is 1.13. The van der Waals surface area contributed by atoms with Gasteiger partial charge in [-0.3, -0.25) is 0 Å². The van der Waals surface area contributed by atoms with E-state index >= 15 is 0 Å². The molecule has 0 spiro atoms. The Morgan fingerprint density at radius 1 is 1.67 bits per heavy atom. The number of thiophene rings is 1. The van der Waals surface area contributed by atoms with Crippen molar-refractivity contribution < 1.29 is 0 Å². The van der Waals surface area contributed by atoms with Crippen molar-refractivity contribution in [1.82, 2.24) is 0 Å². The average Bonchev–Trinajstić information content (AvgIpc) is 2.15. The van der Waals surface area contributed by atoms with Gasteiger partial charge in [-0.25, -0.2) is 0 Å². The summed E-state index contributed by atoms with van der Waals surface area (Å²) in [4.78, 5) is 1.45. The number of hydrogen-bond acceptors (Lipinski definition) is 1. The fourth-order valence-corrected chi connectivity index (χ4v) is 1.63. The van der Waals surface area contributed by atoms with Crippen LogP contribution < -0.4 is 0 Å². The molecule has 0 unspecified atom stereocenters. The maximum absolute atomic E-state index is 3.05. The molecule has 1 rings (SSSR count). The summed E-state index contributed by atoms with van der Waals surface area (Å²) in [6, 6.07) is 5.13. The second-order valence-electron chi connectivity index (χ2n) is 2.61. The molecule has 0 aromatic carbocycles. The summed E-state index contributed by atoms with van der Waals surface area (Å²) < 4.78 is 0. The highest BCUT2D eigenvalue weighted by Crippen LogP contribution is 2.12. The van der Waals surface area contributed by atoms with Crippen LogP contribution >= 0.6 is 11.3 Å². The minimum absolute atomic E-state index is 0.775. The zero-order valence-corrected chi connectivity index (χ0v) is 6.66. The first-order valence-electron chi connectivity index (χ1n) is 3.22. The molecule has 0 saturated heterocycles. The first-order valence-corrected chi connectivity index (χ1v) is 4.10. The van der Waals surface area contributed by atoms with E-state index in [2.05, 4.69) is 26.0 Å². The smallest absolute Gasteiger partial charge is 0.00541 e. The Morgan fingerprint density at radius 3 is 2.89 bits per heavy atom. The van der Waals surface area contributed by atoms with Crippen molar-refractivity contribution in [2.75, 3.05) is 0 Å². The standard InChI is InChI=1S/C8H11S/c1-7(2)6-8-4-3-5-9-8/h4-5,7H,6H2,1-2H3. The Kier molecular flexibility index (Phi) is 2.29. The Bertz CT molecular complexity index is 151. The lowest BCUT2D eigenvalue weighted by Gasteiger charge is -1.98. The molecule has 1 heterocycles. The van der Waals surface area contributed by atoms with Crippen molar-refractivity contribution in [3.05, 3.63) is 22.4 Å². The lowest BCUT2D eigenvalue weighted by Crippen LogP contribution is -1.89. The molecule has 1 heteroatoms. The normalized spacial score (nSPS) is 10.6. The van der Waals surface area contributed by atoms with Crippen molar-refractivity contribution >= 4 is 11.3 Å². The molecule has 0 fully saturated rings. The van der Waals surface area contributed by atoms with Gasteiger partial charge in [-0.15, -0.1) is 11.3 Å². The van der Waals surface area contributed by atoms with Gasteiger partial charge in [0.15, 0.2) is 0 Å². The topological polar surface area (TPSA) is 0 Å². The van der Waals surface area contributed by atoms with Gasteiger partial charge in [0.1, 0.15) is 0 Å². The van der Waals surface area contributed by atoms with E-state index in [0.717, 1.165) is 5.92 Å². The SMILES string of the molecule is CC(C)Cc1c[c]cs1. The van der Waals surface area contributed by atoms with E-state index in [-0.39, 0.29) is 0 Å². The van der Waals surface area contributed by atoms with E-state index in [9.17, 15) is 0 Å². The van der Waals surface area contributed by atoms with Gasteiger partial charge >= 0.3 is 0 Å². The van der Waals surface area contributed by atoms with Crippen LogP contribution in [0.3, 0.4) is 0 Å². The van der Waals surface area contributed by atoms with Crippen LogP contribution in [0.5, 0.6) is 0 Å². The molecule has 0 nitrogen and oxygen atoms in total. The summed E-state index contributed by atoms with van der Waals surface area (Å²) in [5.74, 6) is 0.775. The Morgan fingerprint density at radius 2 is 2.44 bits per heavy atom. The van der Waals surface area contributed by atoms with E-state index in [1.807, 2.05) is 5.38 Å². The van der Waals surface area contributed by atoms with Crippen molar-refractivity contribution in [3.63, 3.8) is 0 Å². The molecule has 0 aliphatic heterocycles. The monoisotopic (exact) mass is 139 g/mol. The quantitative estimate of drug-likeness (QED) is 0.591. The Labute approximate surface area is 60.5 Å². The third-order valence-corrected chi connectivity index (χ3v) is 1.97. The number of hydrogen-bond donors (Lipinski definition) is 0. The van der Waals surface area contributed by atoms with Crippen LogP contribution in [0.25, 0.3) is 0 Å². The van der Waals surface area contributed by atoms with Crippen LogP contribution in [-0.2, 0) is 6.42 Å². The minimum atomic E-state index is 0.775. The van der Waals surface area contributed by atoms with Crippen LogP contribution in [0.15, 0.2) is 11.4 Å².